The van der Waals surface area contributed by atoms with Crippen LogP contribution in [0, 0.1) is 12.8 Å². The van der Waals surface area contributed by atoms with Crippen molar-refractivity contribution in [3.8, 4) is 5.75 Å². The summed E-state index contributed by atoms with van der Waals surface area (Å²) >= 11 is 1.44. The van der Waals surface area contributed by atoms with E-state index in [1.54, 1.807) is 0 Å². The van der Waals surface area contributed by atoms with Gasteiger partial charge in [0.2, 0.25) is 0 Å². The van der Waals surface area contributed by atoms with Gasteiger partial charge in [0.25, 0.3) is 0 Å². The highest BCUT2D eigenvalue weighted by Crippen LogP contribution is 2.20. The minimum absolute atomic E-state index is 0.131. The second-order valence-electron chi connectivity index (χ2n) is 4.54. The Morgan fingerprint density at radius 2 is 2.17 bits per heavy atom. The maximum absolute atomic E-state index is 11.0. The Bertz CT molecular complexity index is 390. The summed E-state index contributed by atoms with van der Waals surface area (Å²) in [6.45, 7) is 6.39. The highest BCUT2D eigenvalue weighted by atomic mass is 32.2. The van der Waals surface area contributed by atoms with Crippen molar-refractivity contribution in [2.24, 2.45) is 5.92 Å². The van der Waals surface area contributed by atoms with E-state index in [0.29, 0.717) is 12.4 Å². The molecule has 3 nitrogen and oxygen atoms in total. The third-order valence-corrected chi connectivity index (χ3v) is 4.00. The lowest BCUT2D eigenvalue weighted by molar-refractivity contribution is -0.137. The molecule has 0 amide bonds. The minimum Gasteiger partial charge on any atom is -0.493 e. The Kier molecular flexibility index (Phi) is 6.05. The van der Waals surface area contributed by atoms with E-state index in [2.05, 4.69) is 0 Å². The Morgan fingerprint density at radius 3 is 2.72 bits per heavy atom. The first-order valence-corrected chi connectivity index (χ1v) is 7.09. The van der Waals surface area contributed by atoms with Crippen molar-refractivity contribution in [3.63, 3.8) is 0 Å². The van der Waals surface area contributed by atoms with Crippen molar-refractivity contribution >= 4 is 17.7 Å². The summed E-state index contributed by atoms with van der Waals surface area (Å²) in [6, 6.07) is 7.85. The zero-order valence-corrected chi connectivity index (χ0v) is 11.9. The fraction of sp³-hybridized carbons (Fsp3) is 0.500. The second-order valence-corrected chi connectivity index (χ2v) is 5.79. The number of hydrogen-bond donors (Lipinski definition) is 1. The summed E-state index contributed by atoms with van der Waals surface area (Å²) in [5, 5.41) is 8.68. The number of aliphatic carboxylic acids is 1. The largest absolute Gasteiger partial charge is 0.493 e. The summed E-state index contributed by atoms with van der Waals surface area (Å²) in [7, 11) is 0. The lowest BCUT2D eigenvalue weighted by Crippen LogP contribution is -2.23. The molecular weight excluding hydrogens is 248 g/mol. The molecule has 0 saturated heterocycles. The number of carboxylic acid groups (broad SMARTS) is 1. The number of carbonyl (C=O) groups is 1. The van der Waals surface area contributed by atoms with Crippen LogP contribution in [0.5, 0.6) is 5.75 Å². The molecule has 1 N–H and O–H groups in total. The first-order valence-electron chi connectivity index (χ1n) is 6.04. The SMILES string of the molecule is Cc1cccc(OCCSC(C(=O)O)C(C)C)c1. The van der Waals surface area contributed by atoms with Gasteiger partial charge in [0, 0.05) is 5.75 Å². The number of rotatable bonds is 7. The first-order chi connectivity index (χ1) is 8.50. The highest BCUT2D eigenvalue weighted by molar-refractivity contribution is 8.00. The molecule has 0 aromatic heterocycles. The van der Waals surface area contributed by atoms with Gasteiger partial charge in [0.05, 0.1) is 6.61 Å². The van der Waals surface area contributed by atoms with Crippen LogP contribution < -0.4 is 4.74 Å². The lowest BCUT2D eigenvalue weighted by Gasteiger charge is -2.15. The minimum atomic E-state index is -0.745. The van der Waals surface area contributed by atoms with Gasteiger partial charge in [0.1, 0.15) is 11.0 Å². The maximum Gasteiger partial charge on any atom is 0.316 e. The van der Waals surface area contributed by atoms with Crippen molar-refractivity contribution in [2.75, 3.05) is 12.4 Å². The molecule has 0 aliphatic heterocycles. The number of ether oxygens (including phenoxy) is 1. The molecule has 0 radical (unpaired) electrons. The number of thioether (sulfide) groups is 1. The third kappa shape index (κ3) is 5.00. The van der Waals surface area contributed by atoms with E-state index in [9.17, 15) is 4.79 Å². The zero-order valence-electron chi connectivity index (χ0n) is 11.1. The molecule has 0 spiro atoms. The number of carboxylic acids is 1. The zero-order chi connectivity index (χ0) is 13.5. The van der Waals surface area contributed by atoms with Gasteiger partial charge >= 0.3 is 5.97 Å². The topological polar surface area (TPSA) is 46.5 Å². The molecule has 100 valence electrons. The van der Waals surface area contributed by atoms with Crippen LogP contribution in [-0.4, -0.2) is 28.7 Å². The molecule has 0 saturated carbocycles. The summed E-state index contributed by atoms with van der Waals surface area (Å²) in [5.41, 5.74) is 1.16. The average molecular weight is 268 g/mol. The van der Waals surface area contributed by atoms with E-state index in [-0.39, 0.29) is 11.2 Å². The molecule has 0 aliphatic carbocycles. The van der Waals surface area contributed by atoms with E-state index in [0.717, 1.165) is 11.3 Å². The van der Waals surface area contributed by atoms with Crippen LogP contribution in [0.2, 0.25) is 0 Å². The molecule has 4 heteroatoms. The predicted molar refractivity (Wildman–Crippen MR) is 75.4 cm³/mol. The Hall–Kier alpha value is -1.16. The van der Waals surface area contributed by atoms with E-state index >= 15 is 0 Å². The molecule has 18 heavy (non-hydrogen) atoms. The molecule has 1 aromatic rings. The van der Waals surface area contributed by atoms with Crippen LogP contribution >= 0.6 is 11.8 Å². The van der Waals surface area contributed by atoms with E-state index in [4.69, 9.17) is 9.84 Å². The number of aryl methyl sites for hydroxylation is 1. The van der Waals surface area contributed by atoms with Gasteiger partial charge in [-0.1, -0.05) is 26.0 Å². The molecule has 0 heterocycles. The Labute approximate surface area is 113 Å². The van der Waals surface area contributed by atoms with Crippen LogP contribution in [0.1, 0.15) is 19.4 Å². The fourth-order valence-electron chi connectivity index (χ4n) is 1.59. The van der Waals surface area contributed by atoms with E-state index in [1.807, 2.05) is 45.0 Å². The van der Waals surface area contributed by atoms with Gasteiger partial charge in [-0.15, -0.1) is 11.8 Å². The maximum atomic E-state index is 11.0. The van der Waals surface area contributed by atoms with Crippen LogP contribution in [0.25, 0.3) is 0 Å². The van der Waals surface area contributed by atoms with Gasteiger partial charge in [0.15, 0.2) is 0 Å². The van der Waals surface area contributed by atoms with Gasteiger partial charge in [-0.2, -0.15) is 0 Å². The average Bonchev–Trinajstić information content (AvgIpc) is 2.27. The summed E-state index contributed by atoms with van der Waals surface area (Å²) < 4.78 is 5.58. The summed E-state index contributed by atoms with van der Waals surface area (Å²) in [4.78, 5) is 11.0. The monoisotopic (exact) mass is 268 g/mol. The first kappa shape index (κ1) is 14.9. The van der Waals surface area contributed by atoms with Crippen LogP contribution in [0.4, 0.5) is 0 Å². The fourth-order valence-corrected chi connectivity index (χ4v) is 2.55. The standard InChI is InChI=1S/C14H20O3S/c1-10(2)13(14(15)16)18-8-7-17-12-6-4-5-11(3)9-12/h4-6,9-10,13H,7-8H2,1-3H3,(H,15,16). The molecule has 1 atom stereocenters. The number of hydrogen-bond acceptors (Lipinski definition) is 3. The highest BCUT2D eigenvalue weighted by Gasteiger charge is 2.21. The molecule has 0 fully saturated rings. The van der Waals surface area contributed by atoms with Crippen molar-refractivity contribution in [1.29, 1.82) is 0 Å². The van der Waals surface area contributed by atoms with Crippen molar-refractivity contribution in [3.05, 3.63) is 29.8 Å². The Balaban J connectivity index is 2.32. The molecule has 1 aromatic carbocycles. The van der Waals surface area contributed by atoms with Gasteiger partial charge < -0.3 is 9.84 Å². The van der Waals surface area contributed by atoms with Gasteiger partial charge in [-0.05, 0) is 30.5 Å². The smallest absolute Gasteiger partial charge is 0.316 e. The predicted octanol–water partition coefficient (Wildman–Crippen LogP) is 3.22. The van der Waals surface area contributed by atoms with E-state index in [1.165, 1.54) is 11.8 Å². The molecule has 0 bridgehead atoms. The van der Waals surface area contributed by atoms with Gasteiger partial charge in [-0.25, -0.2) is 0 Å². The van der Waals surface area contributed by atoms with Crippen molar-refractivity contribution in [2.45, 2.75) is 26.0 Å². The lowest BCUT2D eigenvalue weighted by atomic mass is 10.1. The van der Waals surface area contributed by atoms with Crippen LogP contribution in [-0.2, 0) is 4.79 Å². The van der Waals surface area contributed by atoms with E-state index < -0.39 is 5.97 Å². The quantitative estimate of drug-likeness (QED) is 0.771. The van der Waals surface area contributed by atoms with Crippen LogP contribution in [0.15, 0.2) is 24.3 Å². The number of benzene rings is 1. The molecular formula is C14H20O3S. The van der Waals surface area contributed by atoms with Gasteiger partial charge in [-0.3, -0.25) is 4.79 Å². The second kappa shape index (κ2) is 7.31. The Morgan fingerprint density at radius 1 is 1.44 bits per heavy atom. The van der Waals surface area contributed by atoms with Crippen molar-refractivity contribution in [1.82, 2.24) is 0 Å². The van der Waals surface area contributed by atoms with Crippen molar-refractivity contribution < 1.29 is 14.6 Å². The molecule has 0 aliphatic rings. The third-order valence-electron chi connectivity index (χ3n) is 2.49. The summed E-state index contributed by atoms with van der Waals surface area (Å²) in [5.74, 6) is 0.910. The molecule has 1 unspecified atom stereocenters. The summed E-state index contributed by atoms with van der Waals surface area (Å²) in [6.07, 6.45) is 0. The molecule has 1 rings (SSSR count). The normalized spacial score (nSPS) is 12.4. The van der Waals surface area contributed by atoms with Crippen LogP contribution in [0.3, 0.4) is 0 Å².